The maximum atomic E-state index is 12.0. The van der Waals surface area contributed by atoms with Crippen LogP contribution >= 0.6 is 0 Å². The lowest BCUT2D eigenvalue weighted by Gasteiger charge is -2.19. The van der Waals surface area contributed by atoms with Gasteiger partial charge in [-0.05, 0) is 36.0 Å². The summed E-state index contributed by atoms with van der Waals surface area (Å²) in [6.45, 7) is 5.70. The SMILES string of the molecule is CC(C)(C)c1ccc(C(=O)NCC(=O)OCC(=O)NC2CC2)cc1. The topological polar surface area (TPSA) is 84.5 Å². The Hall–Kier alpha value is -2.37. The second-order valence-electron chi connectivity index (χ2n) is 7.01. The maximum Gasteiger partial charge on any atom is 0.325 e. The van der Waals surface area contributed by atoms with E-state index in [1.807, 2.05) is 12.1 Å². The van der Waals surface area contributed by atoms with Gasteiger partial charge in [0, 0.05) is 11.6 Å². The minimum atomic E-state index is -0.638. The van der Waals surface area contributed by atoms with Gasteiger partial charge >= 0.3 is 5.97 Å². The maximum absolute atomic E-state index is 12.0. The van der Waals surface area contributed by atoms with Crippen molar-refractivity contribution >= 4 is 17.8 Å². The van der Waals surface area contributed by atoms with Gasteiger partial charge in [-0.1, -0.05) is 32.9 Å². The van der Waals surface area contributed by atoms with Crippen LogP contribution in [-0.4, -0.2) is 37.0 Å². The van der Waals surface area contributed by atoms with Crippen molar-refractivity contribution in [2.45, 2.75) is 45.1 Å². The van der Waals surface area contributed by atoms with Crippen molar-refractivity contribution in [1.82, 2.24) is 10.6 Å². The number of rotatable bonds is 6. The number of esters is 1. The van der Waals surface area contributed by atoms with Gasteiger partial charge < -0.3 is 15.4 Å². The van der Waals surface area contributed by atoms with E-state index in [9.17, 15) is 14.4 Å². The molecule has 1 aliphatic carbocycles. The Morgan fingerprint density at radius 2 is 1.75 bits per heavy atom. The highest BCUT2D eigenvalue weighted by Gasteiger charge is 2.23. The van der Waals surface area contributed by atoms with Crippen LogP contribution < -0.4 is 10.6 Å². The predicted octanol–water partition coefficient (Wildman–Crippen LogP) is 1.54. The summed E-state index contributed by atoms with van der Waals surface area (Å²) in [7, 11) is 0. The van der Waals surface area contributed by atoms with Gasteiger partial charge in [-0.25, -0.2) is 0 Å². The van der Waals surface area contributed by atoms with E-state index in [1.165, 1.54) is 0 Å². The smallest absolute Gasteiger partial charge is 0.325 e. The minimum Gasteiger partial charge on any atom is -0.454 e. The van der Waals surface area contributed by atoms with Crippen LogP contribution in [0.15, 0.2) is 24.3 Å². The van der Waals surface area contributed by atoms with Gasteiger partial charge in [-0.15, -0.1) is 0 Å². The highest BCUT2D eigenvalue weighted by molar-refractivity contribution is 5.96. The van der Waals surface area contributed by atoms with Crippen LogP contribution in [0.3, 0.4) is 0 Å². The Bertz CT molecular complexity index is 613. The summed E-state index contributed by atoms with van der Waals surface area (Å²) < 4.78 is 4.82. The molecule has 1 aromatic carbocycles. The molecule has 24 heavy (non-hydrogen) atoms. The molecule has 0 bridgehead atoms. The van der Waals surface area contributed by atoms with E-state index in [0.29, 0.717) is 5.56 Å². The first-order chi connectivity index (χ1) is 11.3. The van der Waals surface area contributed by atoms with Gasteiger partial charge in [-0.2, -0.15) is 0 Å². The third kappa shape index (κ3) is 5.68. The molecule has 6 heteroatoms. The monoisotopic (exact) mass is 332 g/mol. The van der Waals surface area contributed by atoms with Gasteiger partial charge in [0.05, 0.1) is 0 Å². The third-order valence-electron chi connectivity index (χ3n) is 3.71. The largest absolute Gasteiger partial charge is 0.454 e. The van der Waals surface area contributed by atoms with Crippen molar-refractivity contribution in [2.75, 3.05) is 13.2 Å². The van der Waals surface area contributed by atoms with E-state index in [0.717, 1.165) is 18.4 Å². The number of carbonyl (C=O) groups is 3. The number of amides is 2. The number of nitrogens with one attached hydrogen (secondary N) is 2. The number of hydrogen-bond donors (Lipinski definition) is 2. The second kappa shape index (κ2) is 7.47. The molecule has 0 heterocycles. The molecule has 130 valence electrons. The average molecular weight is 332 g/mol. The Labute approximate surface area is 142 Å². The molecular formula is C18H24N2O4. The summed E-state index contributed by atoms with van der Waals surface area (Å²) in [5.74, 6) is -1.30. The molecule has 1 fully saturated rings. The van der Waals surface area contributed by atoms with Crippen LogP contribution in [0.5, 0.6) is 0 Å². The molecule has 2 N–H and O–H groups in total. The van der Waals surface area contributed by atoms with E-state index in [1.54, 1.807) is 12.1 Å². The lowest BCUT2D eigenvalue weighted by Crippen LogP contribution is -2.34. The number of hydrogen-bond acceptors (Lipinski definition) is 4. The zero-order chi connectivity index (χ0) is 17.7. The van der Waals surface area contributed by atoms with Crippen LogP contribution in [0.25, 0.3) is 0 Å². The van der Waals surface area contributed by atoms with E-state index in [4.69, 9.17) is 4.74 Å². The van der Waals surface area contributed by atoms with Crippen molar-refractivity contribution in [3.63, 3.8) is 0 Å². The first-order valence-corrected chi connectivity index (χ1v) is 8.09. The van der Waals surface area contributed by atoms with Crippen molar-refractivity contribution in [1.29, 1.82) is 0 Å². The summed E-state index contributed by atoms with van der Waals surface area (Å²) in [5.41, 5.74) is 1.61. The van der Waals surface area contributed by atoms with Gasteiger partial charge in [0.15, 0.2) is 6.61 Å². The number of benzene rings is 1. The molecule has 2 amide bonds. The highest BCUT2D eigenvalue weighted by Crippen LogP contribution is 2.22. The molecular weight excluding hydrogens is 308 g/mol. The first kappa shape index (κ1) is 18.0. The van der Waals surface area contributed by atoms with Crippen LogP contribution in [0.2, 0.25) is 0 Å². The molecule has 1 aliphatic rings. The van der Waals surface area contributed by atoms with Gasteiger partial charge in [0.2, 0.25) is 0 Å². The van der Waals surface area contributed by atoms with E-state index in [2.05, 4.69) is 31.4 Å². The predicted molar refractivity (Wildman–Crippen MR) is 89.6 cm³/mol. The molecule has 0 aliphatic heterocycles. The normalized spacial score (nSPS) is 14.0. The van der Waals surface area contributed by atoms with Crippen LogP contribution in [-0.2, 0) is 19.7 Å². The van der Waals surface area contributed by atoms with Gasteiger partial charge in [0.1, 0.15) is 6.54 Å². The summed E-state index contributed by atoms with van der Waals surface area (Å²) in [5, 5.41) is 5.20. The van der Waals surface area contributed by atoms with Gasteiger partial charge in [-0.3, -0.25) is 14.4 Å². The first-order valence-electron chi connectivity index (χ1n) is 8.09. The second-order valence-corrected chi connectivity index (χ2v) is 7.01. The van der Waals surface area contributed by atoms with Crippen LogP contribution in [0, 0.1) is 0 Å². The summed E-state index contributed by atoms with van der Waals surface area (Å²) >= 11 is 0. The van der Waals surface area contributed by atoms with Crippen molar-refractivity contribution in [3.05, 3.63) is 35.4 Å². The van der Waals surface area contributed by atoms with E-state index in [-0.39, 0.29) is 36.4 Å². The molecule has 1 saturated carbocycles. The molecule has 0 radical (unpaired) electrons. The molecule has 6 nitrogen and oxygen atoms in total. The Balaban J connectivity index is 1.73. The summed E-state index contributed by atoms with van der Waals surface area (Å²) in [6, 6.07) is 7.48. The Kier molecular flexibility index (Phi) is 5.59. The lowest BCUT2D eigenvalue weighted by atomic mass is 9.87. The van der Waals surface area contributed by atoms with Crippen LogP contribution in [0.4, 0.5) is 0 Å². The Morgan fingerprint density at radius 3 is 2.29 bits per heavy atom. The fourth-order valence-corrected chi connectivity index (χ4v) is 2.07. The summed E-state index contributed by atoms with van der Waals surface area (Å²) in [4.78, 5) is 35.0. The van der Waals surface area contributed by atoms with Crippen molar-refractivity contribution < 1.29 is 19.1 Å². The quantitative estimate of drug-likeness (QED) is 0.774. The zero-order valence-electron chi connectivity index (χ0n) is 14.3. The molecule has 1 aromatic rings. The molecule has 0 aromatic heterocycles. The number of ether oxygens (including phenoxy) is 1. The minimum absolute atomic E-state index is 0.0137. The summed E-state index contributed by atoms with van der Waals surface area (Å²) in [6.07, 6.45) is 1.95. The van der Waals surface area contributed by atoms with E-state index < -0.39 is 5.97 Å². The van der Waals surface area contributed by atoms with Crippen molar-refractivity contribution in [3.8, 4) is 0 Å². The molecule has 0 unspecified atom stereocenters. The Morgan fingerprint density at radius 1 is 1.12 bits per heavy atom. The molecule has 0 spiro atoms. The highest BCUT2D eigenvalue weighted by atomic mass is 16.5. The number of carbonyl (C=O) groups excluding carboxylic acids is 3. The standard InChI is InChI=1S/C18H24N2O4/c1-18(2,3)13-6-4-12(5-7-13)17(23)19-10-16(22)24-11-15(21)20-14-8-9-14/h4-7,14H,8-11H2,1-3H3,(H,19,23)(H,20,21). The third-order valence-corrected chi connectivity index (χ3v) is 3.71. The van der Waals surface area contributed by atoms with E-state index >= 15 is 0 Å². The molecule has 0 saturated heterocycles. The molecule has 0 atom stereocenters. The van der Waals surface area contributed by atoms with Crippen LogP contribution in [0.1, 0.15) is 49.5 Å². The average Bonchev–Trinajstić information content (AvgIpc) is 3.33. The molecule has 2 rings (SSSR count). The van der Waals surface area contributed by atoms with Crippen molar-refractivity contribution in [2.24, 2.45) is 0 Å². The lowest BCUT2D eigenvalue weighted by molar-refractivity contribution is -0.147. The van der Waals surface area contributed by atoms with Gasteiger partial charge in [0.25, 0.3) is 11.8 Å². The fraction of sp³-hybridized carbons (Fsp3) is 0.500. The zero-order valence-corrected chi connectivity index (χ0v) is 14.3. The fourth-order valence-electron chi connectivity index (χ4n) is 2.07.